The molecule has 1 aromatic carbocycles. The molecule has 0 aliphatic rings. The highest BCUT2D eigenvalue weighted by atomic mass is 16.5. The van der Waals surface area contributed by atoms with Gasteiger partial charge >= 0.3 is 0 Å². The van der Waals surface area contributed by atoms with Crippen molar-refractivity contribution in [2.24, 2.45) is 0 Å². The third kappa shape index (κ3) is 7.13. The average Bonchev–Trinajstić information content (AvgIpc) is 3.38. The first-order valence-corrected chi connectivity index (χ1v) is 9.43. The van der Waals surface area contributed by atoms with Gasteiger partial charge in [0, 0.05) is 31.7 Å². The summed E-state index contributed by atoms with van der Waals surface area (Å²) in [4.78, 5) is 24.0. The quantitative estimate of drug-likeness (QED) is 0.480. The van der Waals surface area contributed by atoms with E-state index in [9.17, 15) is 9.59 Å². The fraction of sp³-hybridized carbons (Fsp3) is 0.300. The topological polar surface area (TPSA) is 103 Å². The Morgan fingerprint density at radius 2 is 1.90 bits per heavy atom. The van der Waals surface area contributed by atoms with Gasteiger partial charge in [0.05, 0.1) is 24.9 Å². The molecule has 2 amide bonds. The van der Waals surface area contributed by atoms with Crippen molar-refractivity contribution in [3.05, 3.63) is 61.2 Å². The van der Waals surface area contributed by atoms with E-state index in [-0.39, 0.29) is 31.4 Å². The van der Waals surface area contributed by atoms with Gasteiger partial charge in [-0.25, -0.2) is 0 Å². The average molecular weight is 396 g/mol. The second kappa shape index (κ2) is 10.6. The van der Waals surface area contributed by atoms with E-state index in [1.165, 1.54) is 10.9 Å². The molecule has 0 bridgehead atoms. The number of ether oxygens (including phenoxy) is 1. The standard InChI is InChI=1S/C20H24N6O3/c27-19(8-13-29-18-6-2-1-3-7-18)24-17-14-23-26(15-17)16-20(28)21-9-4-11-25-12-5-10-22-25/h1-3,5-7,10,12,14-15H,4,8-9,11,13,16H2,(H,21,28)(H,24,27). The molecule has 0 spiro atoms. The van der Waals surface area contributed by atoms with Crippen molar-refractivity contribution in [1.82, 2.24) is 24.9 Å². The molecule has 9 heteroatoms. The van der Waals surface area contributed by atoms with Gasteiger partial charge in [-0.1, -0.05) is 18.2 Å². The van der Waals surface area contributed by atoms with Gasteiger partial charge in [0.15, 0.2) is 0 Å². The van der Waals surface area contributed by atoms with Crippen molar-refractivity contribution in [3.63, 3.8) is 0 Å². The smallest absolute Gasteiger partial charge is 0.241 e. The Morgan fingerprint density at radius 3 is 2.69 bits per heavy atom. The minimum atomic E-state index is -0.177. The molecular formula is C20H24N6O3. The normalized spacial score (nSPS) is 10.5. The van der Waals surface area contributed by atoms with Crippen LogP contribution >= 0.6 is 0 Å². The molecule has 2 N–H and O–H groups in total. The van der Waals surface area contributed by atoms with Gasteiger partial charge in [-0.05, 0) is 24.6 Å². The SMILES string of the molecule is O=C(Cn1cc(NC(=O)CCOc2ccccc2)cn1)NCCCn1cccn1. The van der Waals surface area contributed by atoms with Gasteiger partial charge in [-0.2, -0.15) is 10.2 Å². The van der Waals surface area contributed by atoms with Gasteiger partial charge in [-0.15, -0.1) is 0 Å². The summed E-state index contributed by atoms with van der Waals surface area (Å²) in [6.07, 6.45) is 7.76. The molecule has 3 aromatic rings. The van der Waals surface area contributed by atoms with Gasteiger partial charge in [-0.3, -0.25) is 19.0 Å². The Bertz CT molecular complexity index is 892. The van der Waals surface area contributed by atoms with Crippen molar-refractivity contribution in [2.45, 2.75) is 25.9 Å². The number of hydrogen-bond donors (Lipinski definition) is 2. The van der Waals surface area contributed by atoms with Crippen molar-refractivity contribution >= 4 is 17.5 Å². The Kier molecular flexibility index (Phi) is 7.39. The fourth-order valence-electron chi connectivity index (χ4n) is 2.62. The first-order valence-electron chi connectivity index (χ1n) is 9.43. The molecule has 2 heterocycles. The van der Waals surface area contributed by atoms with Gasteiger partial charge < -0.3 is 15.4 Å². The number of carbonyl (C=O) groups is 2. The van der Waals surface area contributed by atoms with Crippen LogP contribution in [0.25, 0.3) is 0 Å². The zero-order valence-corrected chi connectivity index (χ0v) is 16.0. The van der Waals surface area contributed by atoms with Crippen LogP contribution in [-0.4, -0.2) is 44.5 Å². The number of carbonyl (C=O) groups excluding carboxylic acids is 2. The second-order valence-corrected chi connectivity index (χ2v) is 6.36. The van der Waals surface area contributed by atoms with Crippen LogP contribution < -0.4 is 15.4 Å². The molecule has 0 atom stereocenters. The number of para-hydroxylation sites is 1. The fourth-order valence-corrected chi connectivity index (χ4v) is 2.62. The maximum Gasteiger partial charge on any atom is 0.241 e. The van der Waals surface area contributed by atoms with Crippen LogP contribution in [0.3, 0.4) is 0 Å². The van der Waals surface area contributed by atoms with Gasteiger partial charge in [0.1, 0.15) is 12.3 Å². The molecule has 0 saturated heterocycles. The number of hydrogen-bond acceptors (Lipinski definition) is 5. The third-order valence-electron chi connectivity index (χ3n) is 4.01. The van der Waals surface area contributed by atoms with E-state index in [1.807, 2.05) is 47.3 Å². The van der Waals surface area contributed by atoms with E-state index < -0.39 is 0 Å². The van der Waals surface area contributed by atoms with E-state index in [2.05, 4.69) is 20.8 Å². The zero-order valence-electron chi connectivity index (χ0n) is 16.0. The number of aromatic nitrogens is 4. The monoisotopic (exact) mass is 396 g/mol. The Morgan fingerprint density at radius 1 is 1.03 bits per heavy atom. The highest BCUT2D eigenvalue weighted by Crippen LogP contribution is 2.09. The Labute approximate surface area is 168 Å². The van der Waals surface area contributed by atoms with Crippen LogP contribution in [-0.2, 0) is 22.7 Å². The number of benzene rings is 1. The van der Waals surface area contributed by atoms with Crippen LogP contribution in [0.15, 0.2) is 61.2 Å². The number of nitrogens with zero attached hydrogens (tertiary/aromatic N) is 4. The van der Waals surface area contributed by atoms with Crippen LogP contribution in [0.4, 0.5) is 5.69 Å². The number of amides is 2. The molecule has 2 aromatic heterocycles. The highest BCUT2D eigenvalue weighted by Gasteiger charge is 2.08. The molecular weight excluding hydrogens is 372 g/mol. The molecule has 0 aliphatic heterocycles. The lowest BCUT2D eigenvalue weighted by molar-refractivity contribution is -0.121. The van der Waals surface area contributed by atoms with Crippen LogP contribution in [0.5, 0.6) is 5.75 Å². The lowest BCUT2D eigenvalue weighted by Crippen LogP contribution is -2.29. The molecule has 29 heavy (non-hydrogen) atoms. The van der Waals surface area contributed by atoms with E-state index in [0.29, 0.717) is 12.2 Å². The molecule has 0 fully saturated rings. The van der Waals surface area contributed by atoms with Crippen LogP contribution in [0.2, 0.25) is 0 Å². The van der Waals surface area contributed by atoms with E-state index in [1.54, 1.807) is 12.4 Å². The highest BCUT2D eigenvalue weighted by molar-refractivity contribution is 5.90. The van der Waals surface area contributed by atoms with Crippen molar-refractivity contribution < 1.29 is 14.3 Å². The van der Waals surface area contributed by atoms with Crippen molar-refractivity contribution in [3.8, 4) is 5.75 Å². The minimum absolute atomic E-state index is 0.0920. The number of rotatable bonds is 11. The van der Waals surface area contributed by atoms with E-state index in [4.69, 9.17) is 4.74 Å². The summed E-state index contributed by atoms with van der Waals surface area (Å²) in [5, 5.41) is 13.8. The molecule has 0 saturated carbocycles. The first kappa shape index (κ1) is 20.1. The lowest BCUT2D eigenvalue weighted by Gasteiger charge is -2.06. The van der Waals surface area contributed by atoms with E-state index in [0.717, 1.165) is 18.7 Å². The van der Waals surface area contributed by atoms with Crippen molar-refractivity contribution in [2.75, 3.05) is 18.5 Å². The lowest BCUT2D eigenvalue weighted by atomic mass is 10.3. The maximum atomic E-state index is 12.0. The summed E-state index contributed by atoms with van der Waals surface area (Å²) in [6.45, 7) is 1.68. The Hall–Kier alpha value is -3.62. The first-order chi connectivity index (χ1) is 14.2. The molecule has 0 unspecified atom stereocenters. The van der Waals surface area contributed by atoms with Crippen molar-refractivity contribution in [1.29, 1.82) is 0 Å². The predicted octanol–water partition coefficient (Wildman–Crippen LogP) is 1.69. The van der Waals surface area contributed by atoms with Crippen LogP contribution in [0.1, 0.15) is 12.8 Å². The maximum absolute atomic E-state index is 12.0. The van der Waals surface area contributed by atoms with Crippen LogP contribution in [0, 0.1) is 0 Å². The molecule has 9 nitrogen and oxygen atoms in total. The summed E-state index contributed by atoms with van der Waals surface area (Å²) in [5.41, 5.74) is 0.543. The molecule has 0 radical (unpaired) electrons. The number of anilines is 1. The zero-order chi connectivity index (χ0) is 20.3. The summed E-state index contributed by atoms with van der Waals surface area (Å²) in [6, 6.07) is 11.2. The number of nitrogens with one attached hydrogen (secondary N) is 2. The second-order valence-electron chi connectivity index (χ2n) is 6.36. The largest absolute Gasteiger partial charge is 0.493 e. The van der Waals surface area contributed by atoms with Gasteiger partial charge in [0.2, 0.25) is 11.8 Å². The third-order valence-corrected chi connectivity index (χ3v) is 4.01. The van der Waals surface area contributed by atoms with E-state index >= 15 is 0 Å². The molecule has 0 aliphatic carbocycles. The summed E-state index contributed by atoms with van der Waals surface area (Å²) < 4.78 is 8.81. The summed E-state index contributed by atoms with van der Waals surface area (Å²) in [7, 11) is 0. The predicted molar refractivity (Wildman–Crippen MR) is 107 cm³/mol. The summed E-state index contributed by atoms with van der Waals surface area (Å²) >= 11 is 0. The summed E-state index contributed by atoms with van der Waals surface area (Å²) in [5.74, 6) is 0.412. The Balaban J connectivity index is 1.31. The van der Waals surface area contributed by atoms with Gasteiger partial charge in [0.25, 0.3) is 0 Å². The molecule has 152 valence electrons. The minimum Gasteiger partial charge on any atom is -0.493 e. The number of aryl methyl sites for hydroxylation is 1. The molecule has 3 rings (SSSR count).